The van der Waals surface area contributed by atoms with E-state index in [2.05, 4.69) is 0 Å². The van der Waals surface area contributed by atoms with Crippen molar-refractivity contribution in [2.24, 2.45) is 0 Å². The van der Waals surface area contributed by atoms with Gasteiger partial charge in [-0.15, -0.1) is 0 Å². The van der Waals surface area contributed by atoms with Crippen molar-refractivity contribution >= 4 is 29.1 Å². The molecule has 0 saturated heterocycles. The monoisotopic (exact) mass is 523 g/mol. The van der Waals surface area contributed by atoms with Crippen LogP contribution in [-0.4, -0.2) is 34.1 Å². The third kappa shape index (κ3) is 4.92. The number of Topliss-reactive ketones (excluding diaryl/α,β-unsaturated/α-hetero) is 2. The molecular formula is C29H27ClFNO5. The summed E-state index contributed by atoms with van der Waals surface area (Å²) in [5.41, 5.74) is 3.58. The first-order valence-corrected chi connectivity index (χ1v) is 12.9. The first-order valence-electron chi connectivity index (χ1n) is 12.5. The summed E-state index contributed by atoms with van der Waals surface area (Å²) in [4.78, 5) is 40.2. The third-order valence-electron chi connectivity index (χ3n) is 7.26. The normalized spacial score (nSPS) is 18.2. The van der Waals surface area contributed by atoms with Gasteiger partial charge in [0.15, 0.2) is 11.6 Å². The van der Waals surface area contributed by atoms with Crippen LogP contribution in [0.15, 0.2) is 65.0 Å². The zero-order valence-corrected chi connectivity index (χ0v) is 21.0. The molecule has 0 unspecified atom stereocenters. The number of ketones is 2. The molecule has 192 valence electrons. The summed E-state index contributed by atoms with van der Waals surface area (Å²) < 4.78 is 20.4. The van der Waals surface area contributed by atoms with Crippen molar-refractivity contribution in [2.45, 2.75) is 57.5 Å². The Bertz CT molecular complexity index is 1300. The molecule has 2 aliphatic carbocycles. The van der Waals surface area contributed by atoms with Crippen LogP contribution in [-0.2, 0) is 21.0 Å². The molecule has 0 fully saturated rings. The van der Waals surface area contributed by atoms with Gasteiger partial charge in [-0.3, -0.25) is 14.4 Å². The molecule has 0 aromatic heterocycles. The molecular weight excluding hydrogens is 497 g/mol. The number of hydrogen-bond acceptors (Lipinski definition) is 5. The molecule has 0 atom stereocenters. The van der Waals surface area contributed by atoms with Crippen LogP contribution in [0.4, 0.5) is 4.39 Å². The first kappa shape index (κ1) is 25.2. The lowest BCUT2D eigenvalue weighted by Crippen LogP contribution is -2.40. The average molecular weight is 524 g/mol. The summed E-state index contributed by atoms with van der Waals surface area (Å²) in [5.74, 6) is -1.68. The lowest BCUT2D eigenvalue weighted by atomic mass is 9.70. The maximum Gasteiger partial charge on any atom is 0.305 e. The maximum absolute atomic E-state index is 14.3. The Labute approximate surface area is 219 Å². The van der Waals surface area contributed by atoms with Gasteiger partial charge in [0.2, 0.25) is 0 Å². The summed E-state index contributed by atoms with van der Waals surface area (Å²) in [6.07, 6.45) is 3.17. The van der Waals surface area contributed by atoms with Crippen LogP contribution in [0.3, 0.4) is 0 Å². The van der Waals surface area contributed by atoms with Crippen molar-refractivity contribution in [2.75, 3.05) is 6.54 Å². The van der Waals surface area contributed by atoms with Crippen LogP contribution in [0.1, 0.15) is 62.0 Å². The standard InChI is InChI=1S/C29H27ClFNO5/c30-18-11-12-25(37-16-17-5-1-2-6-20(17)31)19(15-18)27-28-21(7-3-9-23(28)33)32(14-13-26(35)36)22-8-4-10-24(34)29(22)27/h1-2,5-6,11-12,15,27H,3-4,7-10,13-14,16H2,(H,35,36). The number of ether oxygens (including phenoxy) is 1. The zero-order chi connectivity index (χ0) is 26.1. The number of aliphatic carboxylic acids is 1. The number of rotatable bonds is 7. The van der Waals surface area contributed by atoms with Gasteiger partial charge in [0.05, 0.1) is 6.42 Å². The molecule has 2 aromatic rings. The quantitative estimate of drug-likeness (QED) is 0.483. The van der Waals surface area contributed by atoms with E-state index in [-0.39, 0.29) is 37.0 Å². The Morgan fingerprint density at radius 3 is 2.27 bits per heavy atom. The highest BCUT2D eigenvalue weighted by Gasteiger charge is 2.44. The van der Waals surface area contributed by atoms with Crippen LogP contribution < -0.4 is 4.74 Å². The Kier molecular flexibility index (Phi) is 7.15. The second kappa shape index (κ2) is 10.5. The molecule has 8 heteroatoms. The summed E-state index contributed by atoms with van der Waals surface area (Å²) in [6.45, 7) is 0.172. The Balaban J connectivity index is 1.64. The molecule has 5 rings (SSSR count). The summed E-state index contributed by atoms with van der Waals surface area (Å²) in [6, 6.07) is 11.4. The highest BCUT2D eigenvalue weighted by molar-refractivity contribution is 6.30. The lowest BCUT2D eigenvalue weighted by Gasteiger charge is -2.44. The summed E-state index contributed by atoms with van der Waals surface area (Å²) in [5, 5.41) is 9.79. The minimum Gasteiger partial charge on any atom is -0.488 e. The molecule has 3 aliphatic rings. The molecule has 1 heterocycles. The van der Waals surface area contributed by atoms with E-state index in [1.54, 1.807) is 36.4 Å². The molecule has 1 aliphatic heterocycles. The summed E-state index contributed by atoms with van der Waals surface area (Å²) >= 11 is 6.42. The fraction of sp³-hybridized carbons (Fsp3) is 0.345. The second-order valence-electron chi connectivity index (χ2n) is 9.56. The largest absolute Gasteiger partial charge is 0.488 e. The number of carboxylic acids is 1. The Hall–Kier alpha value is -3.45. The predicted octanol–water partition coefficient (Wildman–Crippen LogP) is 5.95. The van der Waals surface area contributed by atoms with E-state index in [0.717, 1.165) is 11.4 Å². The molecule has 6 nitrogen and oxygen atoms in total. The summed E-state index contributed by atoms with van der Waals surface area (Å²) in [7, 11) is 0. The van der Waals surface area contributed by atoms with Gasteiger partial charge in [-0.25, -0.2) is 4.39 Å². The maximum atomic E-state index is 14.3. The molecule has 0 bridgehead atoms. The number of hydrogen-bond donors (Lipinski definition) is 1. The van der Waals surface area contributed by atoms with Gasteiger partial charge >= 0.3 is 5.97 Å². The van der Waals surface area contributed by atoms with E-state index in [0.29, 0.717) is 71.6 Å². The lowest BCUT2D eigenvalue weighted by molar-refractivity contribution is -0.137. The average Bonchev–Trinajstić information content (AvgIpc) is 2.87. The SMILES string of the molecule is O=C(O)CCN1C2=C(C(=O)CCC2)C(c2cc(Cl)ccc2OCc2ccccc2F)C2=C1CCCC2=O. The van der Waals surface area contributed by atoms with E-state index < -0.39 is 11.9 Å². The van der Waals surface area contributed by atoms with Crippen LogP contribution in [0, 0.1) is 5.82 Å². The van der Waals surface area contributed by atoms with E-state index in [1.165, 1.54) is 6.07 Å². The molecule has 0 amide bonds. The topological polar surface area (TPSA) is 83.9 Å². The Morgan fingerprint density at radius 1 is 1.00 bits per heavy atom. The highest BCUT2D eigenvalue weighted by atomic mass is 35.5. The number of halogens is 2. The van der Waals surface area contributed by atoms with E-state index in [9.17, 15) is 23.9 Å². The zero-order valence-electron chi connectivity index (χ0n) is 20.3. The van der Waals surface area contributed by atoms with Crippen molar-refractivity contribution in [1.82, 2.24) is 4.90 Å². The number of carbonyl (C=O) groups excluding carboxylic acids is 2. The Morgan fingerprint density at radius 2 is 1.65 bits per heavy atom. The molecule has 1 N–H and O–H groups in total. The number of carbonyl (C=O) groups is 3. The van der Waals surface area contributed by atoms with Gasteiger partial charge in [0.25, 0.3) is 0 Å². The fourth-order valence-corrected chi connectivity index (χ4v) is 5.83. The minimum atomic E-state index is -0.936. The first-order chi connectivity index (χ1) is 17.8. The predicted molar refractivity (Wildman–Crippen MR) is 136 cm³/mol. The van der Waals surface area contributed by atoms with Crippen LogP contribution in [0.25, 0.3) is 0 Å². The molecule has 2 aromatic carbocycles. The third-order valence-corrected chi connectivity index (χ3v) is 7.49. The van der Waals surface area contributed by atoms with Gasteiger partial charge in [-0.1, -0.05) is 29.8 Å². The van der Waals surface area contributed by atoms with Crippen molar-refractivity contribution < 1.29 is 28.6 Å². The van der Waals surface area contributed by atoms with Crippen molar-refractivity contribution in [3.05, 3.63) is 87.0 Å². The van der Waals surface area contributed by atoms with Crippen molar-refractivity contribution in [3.8, 4) is 5.75 Å². The van der Waals surface area contributed by atoms with Crippen LogP contribution in [0.5, 0.6) is 5.75 Å². The van der Waals surface area contributed by atoms with Gasteiger partial charge in [-0.05, 0) is 49.9 Å². The van der Waals surface area contributed by atoms with Gasteiger partial charge in [0.1, 0.15) is 18.2 Å². The number of nitrogens with zero attached hydrogens (tertiary/aromatic N) is 1. The van der Waals surface area contributed by atoms with Gasteiger partial charge < -0.3 is 14.7 Å². The number of carboxylic acid groups (broad SMARTS) is 1. The van der Waals surface area contributed by atoms with Crippen LogP contribution in [0.2, 0.25) is 5.02 Å². The van der Waals surface area contributed by atoms with E-state index >= 15 is 0 Å². The van der Waals surface area contributed by atoms with Crippen LogP contribution >= 0.6 is 11.6 Å². The molecule has 0 saturated carbocycles. The minimum absolute atomic E-state index is 0.0293. The van der Waals surface area contributed by atoms with Gasteiger partial charge in [0, 0.05) is 64.0 Å². The highest BCUT2D eigenvalue weighted by Crippen LogP contribution is 2.51. The number of allylic oxidation sites excluding steroid dienone is 4. The molecule has 0 radical (unpaired) electrons. The fourth-order valence-electron chi connectivity index (χ4n) is 5.65. The molecule has 0 spiro atoms. The van der Waals surface area contributed by atoms with Gasteiger partial charge in [-0.2, -0.15) is 0 Å². The van der Waals surface area contributed by atoms with E-state index in [1.807, 2.05) is 4.90 Å². The number of benzene rings is 2. The van der Waals surface area contributed by atoms with Crippen molar-refractivity contribution in [3.63, 3.8) is 0 Å². The van der Waals surface area contributed by atoms with Crippen molar-refractivity contribution in [1.29, 1.82) is 0 Å². The molecule has 37 heavy (non-hydrogen) atoms. The second-order valence-corrected chi connectivity index (χ2v) is 10.0. The smallest absolute Gasteiger partial charge is 0.305 e. The van der Waals surface area contributed by atoms with E-state index in [4.69, 9.17) is 16.3 Å².